The third-order valence-corrected chi connectivity index (χ3v) is 4.79. The van der Waals surface area contributed by atoms with Gasteiger partial charge in [-0.25, -0.2) is 0 Å². The van der Waals surface area contributed by atoms with Crippen LogP contribution in [-0.2, 0) is 11.3 Å². The first-order valence-corrected chi connectivity index (χ1v) is 8.83. The van der Waals surface area contributed by atoms with Crippen molar-refractivity contribution in [3.63, 3.8) is 0 Å². The van der Waals surface area contributed by atoms with Crippen molar-refractivity contribution < 1.29 is 4.79 Å². The van der Waals surface area contributed by atoms with E-state index in [1.807, 2.05) is 24.3 Å². The Kier molecular flexibility index (Phi) is 4.47. The number of amides is 1. The van der Waals surface area contributed by atoms with Gasteiger partial charge >= 0.3 is 0 Å². The zero-order valence-electron chi connectivity index (χ0n) is 14.7. The van der Waals surface area contributed by atoms with Crippen molar-refractivity contribution in [2.24, 2.45) is 5.92 Å². The number of fused-ring (bicyclic) bond motifs is 1. The smallest absolute Gasteiger partial charge is 0.223 e. The molecular formula is C18H21N7O. The number of benzene rings is 1. The zero-order chi connectivity index (χ0) is 17.9. The average molecular weight is 351 g/mol. The van der Waals surface area contributed by atoms with Gasteiger partial charge in [0.1, 0.15) is 0 Å². The summed E-state index contributed by atoms with van der Waals surface area (Å²) in [5, 5.41) is 18.8. The van der Waals surface area contributed by atoms with Gasteiger partial charge in [-0.15, -0.1) is 14.8 Å². The fraction of sp³-hybridized carbons (Fsp3) is 0.389. The summed E-state index contributed by atoms with van der Waals surface area (Å²) in [6.07, 6.45) is 1.63. The first kappa shape index (κ1) is 16.4. The Morgan fingerprint density at radius 3 is 2.88 bits per heavy atom. The van der Waals surface area contributed by atoms with Gasteiger partial charge in [0.05, 0.1) is 0 Å². The molecular weight excluding hydrogens is 330 g/mol. The molecule has 2 aromatic heterocycles. The number of aromatic nitrogens is 5. The number of nitrogens with one attached hydrogen (secondary N) is 1. The van der Waals surface area contributed by atoms with Crippen molar-refractivity contribution in [1.82, 2.24) is 30.6 Å². The van der Waals surface area contributed by atoms with Gasteiger partial charge in [0.25, 0.3) is 0 Å². The number of carbonyl (C=O) groups excluding carboxylic acids is 1. The van der Waals surface area contributed by atoms with E-state index in [0.717, 1.165) is 37.3 Å². The molecule has 1 amide bonds. The number of aryl methyl sites for hydroxylation is 1. The second-order valence-electron chi connectivity index (χ2n) is 6.69. The molecule has 0 atom stereocenters. The Morgan fingerprint density at radius 2 is 2.08 bits per heavy atom. The van der Waals surface area contributed by atoms with Crippen molar-refractivity contribution in [2.45, 2.75) is 26.3 Å². The van der Waals surface area contributed by atoms with E-state index in [4.69, 9.17) is 0 Å². The van der Waals surface area contributed by atoms with E-state index in [2.05, 4.69) is 49.9 Å². The number of anilines is 1. The number of tetrazole rings is 1. The Labute approximate surface area is 151 Å². The lowest BCUT2D eigenvalue weighted by Gasteiger charge is -2.31. The van der Waals surface area contributed by atoms with Crippen LogP contribution in [0.15, 0.2) is 36.4 Å². The molecule has 1 N–H and O–H groups in total. The quantitative estimate of drug-likeness (QED) is 0.764. The highest BCUT2D eigenvalue weighted by atomic mass is 16.1. The highest BCUT2D eigenvalue weighted by Gasteiger charge is 2.25. The molecule has 4 rings (SSSR count). The number of carbonyl (C=O) groups is 1. The highest BCUT2D eigenvalue weighted by molar-refractivity contribution is 5.79. The largest absolute Gasteiger partial charge is 0.355 e. The number of piperidine rings is 1. The van der Waals surface area contributed by atoms with Gasteiger partial charge < -0.3 is 10.2 Å². The summed E-state index contributed by atoms with van der Waals surface area (Å²) in [5.74, 6) is 1.02. The van der Waals surface area contributed by atoms with E-state index >= 15 is 0 Å². The lowest BCUT2D eigenvalue weighted by Crippen LogP contribution is -2.40. The molecule has 3 heterocycles. The number of hydrogen-bond donors (Lipinski definition) is 1. The molecule has 1 aromatic carbocycles. The summed E-state index contributed by atoms with van der Waals surface area (Å²) in [6, 6.07) is 12.0. The first-order valence-electron chi connectivity index (χ1n) is 8.83. The van der Waals surface area contributed by atoms with Crippen molar-refractivity contribution in [3.8, 4) is 0 Å². The molecule has 0 unspecified atom stereocenters. The van der Waals surface area contributed by atoms with Gasteiger partial charge in [0.2, 0.25) is 5.91 Å². The van der Waals surface area contributed by atoms with E-state index in [-0.39, 0.29) is 11.8 Å². The lowest BCUT2D eigenvalue weighted by atomic mass is 9.96. The number of nitrogens with zero attached hydrogens (tertiary/aromatic N) is 6. The molecule has 134 valence electrons. The Bertz CT molecular complexity index is 915. The molecule has 0 bridgehead atoms. The second kappa shape index (κ2) is 7.07. The first-order chi connectivity index (χ1) is 12.7. The molecule has 3 aromatic rings. The van der Waals surface area contributed by atoms with Gasteiger partial charge in [-0.3, -0.25) is 4.79 Å². The molecule has 1 saturated heterocycles. The van der Waals surface area contributed by atoms with Crippen LogP contribution in [0.5, 0.6) is 0 Å². The zero-order valence-corrected chi connectivity index (χ0v) is 14.7. The van der Waals surface area contributed by atoms with Crippen LogP contribution in [0.1, 0.15) is 24.0 Å². The van der Waals surface area contributed by atoms with Crippen LogP contribution in [0, 0.1) is 12.8 Å². The second-order valence-corrected chi connectivity index (χ2v) is 6.69. The van der Waals surface area contributed by atoms with E-state index in [0.29, 0.717) is 12.2 Å². The van der Waals surface area contributed by atoms with Crippen LogP contribution < -0.4 is 10.2 Å². The monoisotopic (exact) mass is 351 g/mol. The van der Waals surface area contributed by atoms with Gasteiger partial charge in [-0.1, -0.05) is 29.8 Å². The van der Waals surface area contributed by atoms with Gasteiger partial charge in [0, 0.05) is 25.6 Å². The predicted octanol–water partition coefficient (Wildman–Crippen LogP) is 1.36. The van der Waals surface area contributed by atoms with Crippen LogP contribution in [-0.4, -0.2) is 44.3 Å². The van der Waals surface area contributed by atoms with E-state index in [9.17, 15) is 4.79 Å². The highest BCUT2D eigenvalue weighted by Crippen LogP contribution is 2.22. The predicted molar refractivity (Wildman–Crippen MR) is 96.5 cm³/mol. The number of hydrogen-bond acceptors (Lipinski definition) is 6. The van der Waals surface area contributed by atoms with Gasteiger partial charge in [0.15, 0.2) is 11.5 Å². The molecule has 0 aliphatic carbocycles. The fourth-order valence-electron chi connectivity index (χ4n) is 3.34. The van der Waals surface area contributed by atoms with Crippen LogP contribution in [0.25, 0.3) is 5.65 Å². The maximum absolute atomic E-state index is 12.5. The minimum atomic E-state index is 0.0489. The van der Waals surface area contributed by atoms with Crippen LogP contribution in [0.3, 0.4) is 0 Å². The van der Waals surface area contributed by atoms with E-state index in [1.54, 1.807) is 0 Å². The molecule has 26 heavy (non-hydrogen) atoms. The third-order valence-electron chi connectivity index (χ3n) is 4.79. The van der Waals surface area contributed by atoms with Crippen LogP contribution >= 0.6 is 0 Å². The summed E-state index contributed by atoms with van der Waals surface area (Å²) in [5.41, 5.74) is 2.96. The van der Waals surface area contributed by atoms with Crippen LogP contribution in [0.4, 0.5) is 5.82 Å². The van der Waals surface area contributed by atoms with Crippen molar-refractivity contribution >= 4 is 17.4 Å². The SMILES string of the molecule is Cc1cccc(CNC(=O)C2CCN(c3ccc4nnnn4n3)CC2)c1. The Balaban J connectivity index is 1.31. The van der Waals surface area contributed by atoms with E-state index in [1.165, 1.54) is 10.2 Å². The summed E-state index contributed by atoms with van der Waals surface area (Å²) in [4.78, 5) is 14.6. The molecule has 1 aliphatic heterocycles. The van der Waals surface area contributed by atoms with E-state index < -0.39 is 0 Å². The summed E-state index contributed by atoms with van der Waals surface area (Å²) < 4.78 is 1.43. The van der Waals surface area contributed by atoms with Crippen LogP contribution in [0.2, 0.25) is 0 Å². The Morgan fingerprint density at radius 1 is 1.23 bits per heavy atom. The lowest BCUT2D eigenvalue weighted by molar-refractivity contribution is -0.125. The van der Waals surface area contributed by atoms with Gasteiger partial charge in [-0.2, -0.15) is 0 Å². The van der Waals surface area contributed by atoms with Crippen molar-refractivity contribution in [1.29, 1.82) is 0 Å². The normalized spacial score (nSPS) is 15.3. The summed E-state index contributed by atoms with van der Waals surface area (Å²) in [7, 11) is 0. The molecule has 0 saturated carbocycles. The molecule has 1 fully saturated rings. The molecule has 8 nitrogen and oxygen atoms in total. The fourth-order valence-corrected chi connectivity index (χ4v) is 3.34. The third kappa shape index (κ3) is 3.49. The maximum Gasteiger partial charge on any atom is 0.223 e. The molecule has 0 spiro atoms. The minimum Gasteiger partial charge on any atom is -0.355 e. The molecule has 0 radical (unpaired) electrons. The molecule has 8 heteroatoms. The molecule has 1 aliphatic rings. The summed E-state index contributed by atoms with van der Waals surface area (Å²) in [6.45, 7) is 4.23. The Hall–Kier alpha value is -3.03. The van der Waals surface area contributed by atoms with Gasteiger partial charge in [-0.05, 0) is 47.9 Å². The minimum absolute atomic E-state index is 0.0489. The topological polar surface area (TPSA) is 88.3 Å². The summed E-state index contributed by atoms with van der Waals surface area (Å²) >= 11 is 0. The van der Waals surface area contributed by atoms with Crippen molar-refractivity contribution in [2.75, 3.05) is 18.0 Å². The van der Waals surface area contributed by atoms with Crippen molar-refractivity contribution in [3.05, 3.63) is 47.5 Å². The number of rotatable bonds is 4. The maximum atomic E-state index is 12.5. The standard InChI is InChI=1S/C18H21N7O/c1-13-3-2-4-14(11-13)12-19-18(26)15-7-9-24(10-8-15)17-6-5-16-20-22-23-25(16)21-17/h2-6,11,15H,7-10,12H2,1H3,(H,19,26). The average Bonchev–Trinajstić information content (AvgIpc) is 3.14.